The number of rotatable bonds is 4. The van der Waals surface area contributed by atoms with E-state index in [0.717, 1.165) is 9.37 Å². The van der Waals surface area contributed by atoms with Crippen LogP contribution in [0.25, 0.3) is 0 Å². The molecule has 1 aromatic heterocycles. The van der Waals surface area contributed by atoms with E-state index in [-0.39, 0.29) is 5.56 Å². The Balaban J connectivity index is 2.24. The Morgan fingerprint density at radius 1 is 1.42 bits per heavy atom. The van der Waals surface area contributed by atoms with Crippen LogP contribution in [0.5, 0.6) is 0 Å². The van der Waals surface area contributed by atoms with E-state index in [4.69, 9.17) is 0 Å². The maximum absolute atomic E-state index is 11.2. The van der Waals surface area contributed by atoms with Gasteiger partial charge in [-0.2, -0.15) is 0 Å². The second kappa shape index (κ2) is 6.36. The van der Waals surface area contributed by atoms with Gasteiger partial charge in [0, 0.05) is 27.7 Å². The summed E-state index contributed by atoms with van der Waals surface area (Å²) >= 11 is 4.97. The Hall–Kier alpha value is -1.11. The molecule has 0 amide bonds. The quantitative estimate of drug-likeness (QED) is 0.841. The minimum atomic E-state index is -0.144. The number of aromatic nitrogens is 2. The lowest BCUT2D eigenvalue weighted by Crippen LogP contribution is -2.12. The smallest absolute Gasteiger partial charge is 0.251 e. The first-order chi connectivity index (χ1) is 9.10. The van der Waals surface area contributed by atoms with Crippen molar-refractivity contribution in [3.63, 3.8) is 0 Å². The van der Waals surface area contributed by atoms with Gasteiger partial charge in [0.1, 0.15) is 0 Å². The first kappa shape index (κ1) is 14.3. The molecule has 0 aliphatic rings. The molecule has 1 unspecified atom stereocenters. The molecule has 2 rings (SSSR count). The van der Waals surface area contributed by atoms with Gasteiger partial charge in [-0.25, -0.2) is 4.98 Å². The Morgan fingerprint density at radius 3 is 2.84 bits per heavy atom. The monoisotopic (exact) mass is 339 g/mol. The van der Waals surface area contributed by atoms with Gasteiger partial charge < -0.3 is 10.3 Å². The second-order valence-electron chi connectivity index (χ2n) is 4.04. The van der Waals surface area contributed by atoms with Crippen molar-refractivity contribution in [2.45, 2.75) is 23.0 Å². The summed E-state index contributed by atoms with van der Waals surface area (Å²) in [4.78, 5) is 19.1. The van der Waals surface area contributed by atoms with Gasteiger partial charge in [-0.05, 0) is 47.6 Å². The molecule has 2 N–H and O–H groups in total. The summed E-state index contributed by atoms with van der Waals surface area (Å²) in [5.74, 6) is 0. The highest BCUT2D eigenvalue weighted by molar-refractivity contribution is 9.10. The van der Waals surface area contributed by atoms with E-state index in [9.17, 15) is 4.79 Å². The van der Waals surface area contributed by atoms with Crippen LogP contribution >= 0.6 is 27.7 Å². The standard InChI is InChI=1S/C13H14BrN3OS/c1-8(15-2)9-3-4-11(10(14)7-9)19-13-16-6-5-12(18)17-13/h3-8,15H,1-2H3,(H,16,17,18). The van der Waals surface area contributed by atoms with Gasteiger partial charge in [-0.3, -0.25) is 4.79 Å². The first-order valence-corrected chi connectivity index (χ1v) is 7.41. The molecule has 1 heterocycles. The van der Waals surface area contributed by atoms with Crippen molar-refractivity contribution in [2.24, 2.45) is 0 Å². The number of H-pyrrole nitrogens is 1. The third kappa shape index (κ3) is 3.68. The maximum Gasteiger partial charge on any atom is 0.251 e. The molecular weight excluding hydrogens is 326 g/mol. The number of nitrogens with one attached hydrogen (secondary N) is 2. The number of hydrogen-bond acceptors (Lipinski definition) is 4. The largest absolute Gasteiger partial charge is 0.313 e. The number of hydrogen-bond donors (Lipinski definition) is 2. The highest BCUT2D eigenvalue weighted by atomic mass is 79.9. The van der Waals surface area contributed by atoms with E-state index in [1.54, 1.807) is 0 Å². The third-order valence-corrected chi connectivity index (χ3v) is 4.64. The lowest BCUT2D eigenvalue weighted by atomic mass is 10.1. The number of nitrogens with zero attached hydrogens (tertiary/aromatic N) is 1. The van der Waals surface area contributed by atoms with Crippen molar-refractivity contribution in [1.29, 1.82) is 0 Å². The van der Waals surface area contributed by atoms with Gasteiger partial charge in [0.25, 0.3) is 5.56 Å². The lowest BCUT2D eigenvalue weighted by molar-refractivity contribution is 0.651. The van der Waals surface area contributed by atoms with Crippen LogP contribution in [-0.2, 0) is 0 Å². The second-order valence-corrected chi connectivity index (χ2v) is 5.93. The SMILES string of the molecule is CNC(C)c1ccc(Sc2nccc(=O)[nH]2)c(Br)c1. The van der Waals surface area contributed by atoms with E-state index in [1.165, 1.54) is 29.6 Å². The molecular formula is C13H14BrN3OS. The van der Waals surface area contributed by atoms with Gasteiger partial charge in [-0.15, -0.1) is 0 Å². The summed E-state index contributed by atoms with van der Waals surface area (Å²) in [7, 11) is 1.93. The predicted molar refractivity (Wildman–Crippen MR) is 80.6 cm³/mol. The van der Waals surface area contributed by atoms with Crippen LogP contribution in [0.1, 0.15) is 18.5 Å². The molecule has 6 heteroatoms. The average molecular weight is 340 g/mol. The van der Waals surface area contributed by atoms with Crippen molar-refractivity contribution in [1.82, 2.24) is 15.3 Å². The molecule has 0 aliphatic carbocycles. The van der Waals surface area contributed by atoms with Crippen LogP contribution in [0.15, 0.2) is 49.8 Å². The topological polar surface area (TPSA) is 57.8 Å². The molecule has 1 aromatic carbocycles. The molecule has 19 heavy (non-hydrogen) atoms. The van der Waals surface area contributed by atoms with Crippen molar-refractivity contribution < 1.29 is 0 Å². The van der Waals surface area contributed by atoms with E-state index in [2.05, 4.69) is 50.3 Å². The van der Waals surface area contributed by atoms with Crippen molar-refractivity contribution in [3.8, 4) is 0 Å². The van der Waals surface area contributed by atoms with Gasteiger partial charge >= 0.3 is 0 Å². The summed E-state index contributed by atoms with van der Waals surface area (Å²) in [6.45, 7) is 2.10. The van der Waals surface area contributed by atoms with Gasteiger partial charge in [0.15, 0.2) is 5.16 Å². The molecule has 0 bridgehead atoms. The summed E-state index contributed by atoms with van der Waals surface area (Å²) in [6, 6.07) is 7.85. The predicted octanol–water partition coefficient (Wildman–Crippen LogP) is 2.96. The average Bonchev–Trinajstić information content (AvgIpc) is 2.40. The lowest BCUT2D eigenvalue weighted by Gasteiger charge is -2.12. The maximum atomic E-state index is 11.2. The van der Waals surface area contributed by atoms with Crippen molar-refractivity contribution in [2.75, 3.05) is 7.05 Å². The fourth-order valence-electron chi connectivity index (χ4n) is 1.54. The normalized spacial score (nSPS) is 12.4. The van der Waals surface area contributed by atoms with Gasteiger partial charge in [-0.1, -0.05) is 17.8 Å². The van der Waals surface area contributed by atoms with Crippen LogP contribution < -0.4 is 10.9 Å². The molecule has 0 saturated heterocycles. The fraction of sp³-hybridized carbons (Fsp3) is 0.231. The molecule has 4 nitrogen and oxygen atoms in total. The minimum Gasteiger partial charge on any atom is -0.313 e. The van der Waals surface area contributed by atoms with E-state index < -0.39 is 0 Å². The highest BCUT2D eigenvalue weighted by Crippen LogP contribution is 2.32. The molecule has 0 saturated carbocycles. The molecule has 0 radical (unpaired) electrons. The summed E-state index contributed by atoms with van der Waals surface area (Å²) in [6.07, 6.45) is 1.51. The fourth-order valence-corrected chi connectivity index (χ4v) is 2.95. The van der Waals surface area contributed by atoms with Crippen molar-refractivity contribution >= 4 is 27.7 Å². The van der Waals surface area contributed by atoms with Crippen LogP contribution in [0.4, 0.5) is 0 Å². The highest BCUT2D eigenvalue weighted by Gasteiger charge is 2.08. The zero-order valence-electron chi connectivity index (χ0n) is 10.6. The van der Waals surface area contributed by atoms with Crippen molar-refractivity contribution in [3.05, 3.63) is 50.9 Å². The van der Waals surface area contributed by atoms with Crippen LogP contribution in [0.3, 0.4) is 0 Å². The molecule has 0 fully saturated rings. The molecule has 0 spiro atoms. The van der Waals surface area contributed by atoms with Crippen LogP contribution in [0, 0.1) is 0 Å². The molecule has 100 valence electrons. The molecule has 1 atom stereocenters. The number of aromatic amines is 1. The number of benzene rings is 1. The van der Waals surface area contributed by atoms with Gasteiger partial charge in [0.05, 0.1) is 0 Å². The number of halogens is 1. The van der Waals surface area contributed by atoms with Crippen LogP contribution in [-0.4, -0.2) is 17.0 Å². The molecule has 0 aliphatic heterocycles. The Bertz CT molecular complexity index is 629. The zero-order chi connectivity index (χ0) is 13.8. The Kier molecular flexibility index (Phi) is 4.79. The Labute approximate surface area is 124 Å². The first-order valence-electron chi connectivity index (χ1n) is 5.80. The summed E-state index contributed by atoms with van der Waals surface area (Å²) in [5.41, 5.74) is 1.06. The summed E-state index contributed by atoms with van der Waals surface area (Å²) < 4.78 is 0.989. The van der Waals surface area contributed by atoms with E-state index >= 15 is 0 Å². The molecule has 2 aromatic rings. The van der Waals surface area contributed by atoms with Gasteiger partial charge in [0.2, 0.25) is 0 Å². The summed E-state index contributed by atoms with van der Waals surface area (Å²) in [5, 5.41) is 3.78. The zero-order valence-corrected chi connectivity index (χ0v) is 13.0. The van der Waals surface area contributed by atoms with E-state index in [1.807, 2.05) is 13.1 Å². The minimum absolute atomic E-state index is 0.144. The Morgan fingerprint density at radius 2 is 2.21 bits per heavy atom. The van der Waals surface area contributed by atoms with Crippen LogP contribution in [0.2, 0.25) is 0 Å². The van der Waals surface area contributed by atoms with E-state index in [0.29, 0.717) is 11.2 Å². The third-order valence-electron chi connectivity index (χ3n) is 2.74.